The summed E-state index contributed by atoms with van der Waals surface area (Å²) in [4.78, 5) is 40.5. The molecule has 0 aliphatic heterocycles. The zero-order valence-corrected chi connectivity index (χ0v) is 15.4. The van der Waals surface area contributed by atoms with Crippen LogP contribution in [0.25, 0.3) is 10.9 Å². The normalized spacial score (nSPS) is 10.9. The van der Waals surface area contributed by atoms with Crippen LogP contribution in [0.4, 0.5) is 4.79 Å². The number of hydrogen-bond acceptors (Lipinski definition) is 5. The van der Waals surface area contributed by atoms with Gasteiger partial charge < -0.3 is 5.32 Å². The molecule has 0 unspecified atom stereocenters. The van der Waals surface area contributed by atoms with Crippen LogP contribution in [0.3, 0.4) is 0 Å². The summed E-state index contributed by atoms with van der Waals surface area (Å²) in [6.45, 7) is 6.74. The number of thioether (sulfide) groups is 1. The number of benzene rings is 1. The first kappa shape index (κ1) is 19.0. The van der Waals surface area contributed by atoms with E-state index in [9.17, 15) is 14.4 Å². The Labute approximate surface area is 150 Å². The molecule has 2 N–H and O–H groups in total. The van der Waals surface area contributed by atoms with Crippen molar-refractivity contribution >= 4 is 34.6 Å². The highest BCUT2D eigenvalue weighted by molar-refractivity contribution is 7.99. The maximum absolute atomic E-state index is 12.7. The summed E-state index contributed by atoms with van der Waals surface area (Å²) < 4.78 is 1.59. The standard InChI is InChI=1S/C17H22N4O3S/c1-4-18-16(24)20-14(22)10-25-17-19-13-8-6-5-7-12(13)15(23)21(17)9-11(2)3/h5-8,11H,4,9-10H2,1-3H3,(H2,18,20,22,24). The van der Waals surface area contributed by atoms with E-state index in [4.69, 9.17) is 0 Å². The smallest absolute Gasteiger partial charge is 0.321 e. The number of carbonyl (C=O) groups excluding carboxylic acids is 2. The fourth-order valence-corrected chi connectivity index (χ4v) is 3.09. The first-order valence-corrected chi connectivity index (χ1v) is 9.11. The number of carbonyl (C=O) groups is 2. The van der Waals surface area contributed by atoms with Crippen molar-refractivity contribution in [2.24, 2.45) is 5.92 Å². The van der Waals surface area contributed by atoms with Gasteiger partial charge in [-0.1, -0.05) is 37.7 Å². The van der Waals surface area contributed by atoms with E-state index in [1.165, 1.54) is 0 Å². The number of aromatic nitrogens is 2. The highest BCUT2D eigenvalue weighted by Crippen LogP contribution is 2.18. The Morgan fingerprint density at radius 2 is 2.00 bits per heavy atom. The van der Waals surface area contributed by atoms with Crippen LogP contribution in [0.5, 0.6) is 0 Å². The number of rotatable bonds is 6. The van der Waals surface area contributed by atoms with Gasteiger partial charge in [0.1, 0.15) is 0 Å². The van der Waals surface area contributed by atoms with Crippen molar-refractivity contribution in [2.75, 3.05) is 12.3 Å². The van der Waals surface area contributed by atoms with Crippen molar-refractivity contribution in [1.82, 2.24) is 20.2 Å². The molecule has 1 heterocycles. The molecule has 1 aromatic carbocycles. The number of hydrogen-bond donors (Lipinski definition) is 2. The van der Waals surface area contributed by atoms with Crippen molar-refractivity contribution in [3.05, 3.63) is 34.6 Å². The van der Waals surface area contributed by atoms with Gasteiger partial charge in [-0.05, 0) is 25.0 Å². The molecular weight excluding hydrogens is 340 g/mol. The van der Waals surface area contributed by atoms with Crippen molar-refractivity contribution in [1.29, 1.82) is 0 Å². The quantitative estimate of drug-likeness (QED) is 0.605. The molecule has 134 valence electrons. The average molecular weight is 362 g/mol. The summed E-state index contributed by atoms with van der Waals surface area (Å²) in [6, 6.07) is 6.61. The Kier molecular flexibility index (Phi) is 6.58. The number of urea groups is 1. The summed E-state index contributed by atoms with van der Waals surface area (Å²) in [7, 11) is 0. The summed E-state index contributed by atoms with van der Waals surface area (Å²) in [5.41, 5.74) is 0.477. The summed E-state index contributed by atoms with van der Waals surface area (Å²) in [6.07, 6.45) is 0. The Bertz CT molecular complexity index is 832. The number of nitrogens with one attached hydrogen (secondary N) is 2. The molecular formula is C17H22N4O3S. The fourth-order valence-electron chi connectivity index (χ4n) is 2.28. The zero-order valence-electron chi connectivity index (χ0n) is 14.5. The number of para-hydroxylation sites is 1. The lowest BCUT2D eigenvalue weighted by molar-refractivity contribution is -0.117. The van der Waals surface area contributed by atoms with Crippen molar-refractivity contribution in [3.8, 4) is 0 Å². The largest absolute Gasteiger partial charge is 0.338 e. The summed E-state index contributed by atoms with van der Waals surface area (Å²) in [5, 5.41) is 5.76. The van der Waals surface area contributed by atoms with E-state index in [0.29, 0.717) is 29.1 Å². The molecule has 8 heteroatoms. The Balaban J connectivity index is 2.25. The highest BCUT2D eigenvalue weighted by atomic mass is 32.2. The predicted octanol–water partition coefficient (Wildman–Crippen LogP) is 1.99. The van der Waals surface area contributed by atoms with Gasteiger partial charge in [-0.3, -0.25) is 19.5 Å². The van der Waals surface area contributed by atoms with Crippen LogP contribution in [0.2, 0.25) is 0 Å². The molecule has 0 aliphatic rings. The topological polar surface area (TPSA) is 93.1 Å². The van der Waals surface area contributed by atoms with E-state index >= 15 is 0 Å². The lowest BCUT2D eigenvalue weighted by atomic mass is 10.2. The number of fused-ring (bicyclic) bond motifs is 1. The fraction of sp³-hybridized carbons (Fsp3) is 0.412. The number of amides is 3. The van der Waals surface area contributed by atoms with E-state index in [2.05, 4.69) is 15.6 Å². The van der Waals surface area contributed by atoms with Gasteiger partial charge in [0.25, 0.3) is 5.56 Å². The lowest BCUT2D eigenvalue weighted by Crippen LogP contribution is -2.40. The third-order valence-electron chi connectivity index (χ3n) is 3.30. The second-order valence-corrected chi connectivity index (χ2v) is 6.86. The van der Waals surface area contributed by atoms with Gasteiger partial charge in [-0.2, -0.15) is 0 Å². The Morgan fingerprint density at radius 1 is 1.28 bits per heavy atom. The Morgan fingerprint density at radius 3 is 2.68 bits per heavy atom. The van der Waals surface area contributed by atoms with E-state index in [0.717, 1.165) is 11.8 Å². The average Bonchev–Trinajstić information content (AvgIpc) is 2.56. The van der Waals surface area contributed by atoms with Gasteiger partial charge in [-0.25, -0.2) is 9.78 Å². The van der Waals surface area contributed by atoms with Crippen LogP contribution in [0.15, 0.2) is 34.2 Å². The van der Waals surface area contributed by atoms with Gasteiger partial charge in [0, 0.05) is 13.1 Å². The SMILES string of the molecule is CCNC(=O)NC(=O)CSc1nc2ccccc2c(=O)n1CC(C)C. The third kappa shape index (κ3) is 5.06. The van der Waals surface area contributed by atoms with Crippen LogP contribution in [0, 0.1) is 5.92 Å². The molecule has 0 saturated heterocycles. The predicted molar refractivity (Wildman–Crippen MR) is 98.8 cm³/mol. The third-order valence-corrected chi connectivity index (χ3v) is 4.27. The van der Waals surface area contributed by atoms with Crippen molar-refractivity contribution in [3.63, 3.8) is 0 Å². The van der Waals surface area contributed by atoms with E-state index in [1.54, 1.807) is 29.7 Å². The van der Waals surface area contributed by atoms with Crippen LogP contribution >= 0.6 is 11.8 Å². The minimum absolute atomic E-state index is 0.00000968. The monoisotopic (exact) mass is 362 g/mol. The van der Waals surface area contributed by atoms with Crippen molar-refractivity contribution in [2.45, 2.75) is 32.5 Å². The summed E-state index contributed by atoms with van der Waals surface area (Å²) >= 11 is 1.15. The van der Waals surface area contributed by atoms with Crippen LogP contribution < -0.4 is 16.2 Å². The van der Waals surface area contributed by atoms with Gasteiger partial charge in [0.05, 0.1) is 16.7 Å². The second-order valence-electron chi connectivity index (χ2n) is 5.92. The van der Waals surface area contributed by atoms with Gasteiger partial charge >= 0.3 is 6.03 Å². The molecule has 0 radical (unpaired) electrons. The molecule has 0 fully saturated rings. The van der Waals surface area contributed by atoms with E-state index < -0.39 is 11.9 Å². The van der Waals surface area contributed by atoms with E-state index in [1.807, 2.05) is 19.9 Å². The van der Waals surface area contributed by atoms with Gasteiger partial charge in [-0.15, -0.1) is 0 Å². The molecule has 7 nitrogen and oxygen atoms in total. The maximum atomic E-state index is 12.7. The zero-order chi connectivity index (χ0) is 18.4. The second kappa shape index (κ2) is 8.66. The van der Waals surface area contributed by atoms with E-state index in [-0.39, 0.29) is 17.2 Å². The van der Waals surface area contributed by atoms with Crippen LogP contribution in [-0.2, 0) is 11.3 Å². The van der Waals surface area contributed by atoms with Crippen molar-refractivity contribution < 1.29 is 9.59 Å². The number of nitrogens with zero attached hydrogens (tertiary/aromatic N) is 2. The minimum Gasteiger partial charge on any atom is -0.338 e. The van der Waals surface area contributed by atoms with Gasteiger partial charge in [0.15, 0.2) is 5.16 Å². The molecule has 1 aromatic heterocycles. The Hall–Kier alpha value is -2.35. The van der Waals surface area contributed by atoms with Crippen LogP contribution in [0.1, 0.15) is 20.8 Å². The molecule has 0 atom stereocenters. The molecule has 25 heavy (non-hydrogen) atoms. The minimum atomic E-state index is -0.529. The summed E-state index contributed by atoms with van der Waals surface area (Å²) in [5.74, 6) is -0.182. The molecule has 0 bridgehead atoms. The molecule has 2 rings (SSSR count). The maximum Gasteiger partial charge on any atom is 0.321 e. The molecule has 0 saturated carbocycles. The van der Waals surface area contributed by atoms with Crippen LogP contribution in [-0.4, -0.2) is 33.8 Å². The molecule has 0 spiro atoms. The highest BCUT2D eigenvalue weighted by Gasteiger charge is 2.15. The lowest BCUT2D eigenvalue weighted by Gasteiger charge is -2.14. The van der Waals surface area contributed by atoms with Gasteiger partial charge in [0.2, 0.25) is 5.91 Å². The first-order chi connectivity index (χ1) is 11.9. The number of imide groups is 1. The first-order valence-electron chi connectivity index (χ1n) is 8.12. The molecule has 3 amide bonds. The molecule has 2 aromatic rings. The molecule has 0 aliphatic carbocycles.